The highest BCUT2D eigenvalue weighted by Crippen LogP contribution is 2.15. The summed E-state index contributed by atoms with van der Waals surface area (Å²) in [5.41, 5.74) is 2.38. The van der Waals surface area contributed by atoms with E-state index in [1.165, 1.54) is 11.8 Å². The Hall–Kier alpha value is -2.54. The highest BCUT2D eigenvalue weighted by Gasteiger charge is 2.06. The average molecular weight is 390 g/mol. The number of nitrogens with one attached hydrogen (secondary N) is 2. The van der Waals surface area contributed by atoms with Gasteiger partial charge in [-0.25, -0.2) is 13.4 Å². The molecule has 0 unspecified atom stereocenters. The summed E-state index contributed by atoms with van der Waals surface area (Å²) in [6.45, 7) is 6.47. The Bertz CT molecular complexity index is 862. The second-order valence-corrected chi connectivity index (χ2v) is 8.22. The second kappa shape index (κ2) is 9.97. The van der Waals surface area contributed by atoms with Crippen molar-refractivity contribution in [1.82, 2.24) is 10.6 Å². The van der Waals surface area contributed by atoms with Gasteiger partial charge in [-0.3, -0.25) is 0 Å². The molecule has 0 atom stereocenters. The van der Waals surface area contributed by atoms with Gasteiger partial charge in [-0.1, -0.05) is 29.8 Å². The predicted octanol–water partition coefficient (Wildman–Crippen LogP) is 2.53. The van der Waals surface area contributed by atoms with Crippen LogP contribution >= 0.6 is 0 Å². The first-order valence-electron chi connectivity index (χ1n) is 8.89. The van der Waals surface area contributed by atoms with Crippen molar-refractivity contribution in [3.63, 3.8) is 0 Å². The summed E-state index contributed by atoms with van der Waals surface area (Å²) in [7, 11) is -3.19. The molecule has 0 radical (unpaired) electrons. The molecule has 0 saturated carbocycles. The Morgan fingerprint density at radius 3 is 2.48 bits per heavy atom. The topological polar surface area (TPSA) is 79.8 Å². The summed E-state index contributed by atoms with van der Waals surface area (Å²) in [5, 5.41) is 6.44. The molecule has 0 bridgehead atoms. The Labute approximate surface area is 161 Å². The maximum atomic E-state index is 11.5. The molecule has 0 aromatic heterocycles. The number of guanidine groups is 1. The van der Waals surface area contributed by atoms with E-state index in [0.717, 1.165) is 18.1 Å². The van der Waals surface area contributed by atoms with Gasteiger partial charge in [0.25, 0.3) is 0 Å². The van der Waals surface area contributed by atoms with Crippen LogP contribution in [0.2, 0.25) is 0 Å². The number of ether oxygens (including phenoxy) is 1. The minimum atomic E-state index is -3.19. The van der Waals surface area contributed by atoms with Gasteiger partial charge in [0.15, 0.2) is 15.8 Å². The van der Waals surface area contributed by atoms with Gasteiger partial charge >= 0.3 is 0 Å². The first kappa shape index (κ1) is 20.8. The molecular formula is C20H27N3O3S. The van der Waals surface area contributed by atoms with Crippen LogP contribution in [0.15, 0.2) is 58.4 Å². The van der Waals surface area contributed by atoms with Gasteiger partial charge in [-0.15, -0.1) is 0 Å². The number of nitrogens with zero attached hydrogens (tertiary/aromatic N) is 1. The quantitative estimate of drug-likeness (QED) is 0.412. The van der Waals surface area contributed by atoms with E-state index in [1.807, 2.05) is 13.0 Å². The highest BCUT2D eigenvalue weighted by atomic mass is 32.2. The minimum absolute atomic E-state index is 0.283. The summed E-state index contributed by atoms with van der Waals surface area (Å²) in [6.07, 6.45) is 1.19. The van der Waals surface area contributed by atoms with E-state index in [0.29, 0.717) is 25.4 Å². The largest absolute Gasteiger partial charge is 0.492 e. The van der Waals surface area contributed by atoms with Crippen molar-refractivity contribution in [2.75, 3.05) is 26.0 Å². The lowest BCUT2D eigenvalue weighted by Crippen LogP contribution is -2.39. The van der Waals surface area contributed by atoms with Gasteiger partial charge in [0, 0.05) is 12.8 Å². The fourth-order valence-corrected chi connectivity index (χ4v) is 3.07. The van der Waals surface area contributed by atoms with E-state index in [1.54, 1.807) is 24.3 Å². The van der Waals surface area contributed by atoms with Crippen LogP contribution in [0, 0.1) is 6.92 Å². The molecule has 0 amide bonds. The fraction of sp³-hybridized carbons (Fsp3) is 0.350. The third-order valence-corrected chi connectivity index (χ3v) is 4.89. The van der Waals surface area contributed by atoms with Crippen molar-refractivity contribution in [3.05, 3.63) is 59.7 Å². The summed E-state index contributed by atoms with van der Waals surface area (Å²) >= 11 is 0. The molecule has 27 heavy (non-hydrogen) atoms. The van der Waals surface area contributed by atoms with Crippen LogP contribution in [0.5, 0.6) is 5.75 Å². The number of sulfone groups is 1. The van der Waals surface area contributed by atoms with E-state index in [9.17, 15) is 8.42 Å². The van der Waals surface area contributed by atoms with Crippen LogP contribution < -0.4 is 15.4 Å². The van der Waals surface area contributed by atoms with Crippen molar-refractivity contribution < 1.29 is 13.2 Å². The summed E-state index contributed by atoms with van der Waals surface area (Å²) in [6, 6.07) is 14.7. The second-order valence-electron chi connectivity index (χ2n) is 6.20. The highest BCUT2D eigenvalue weighted by molar-refractivity contribution is 7.90. The maximum Gasteiger partial charge on any atom is 0.191 e. The van der Waals surface area contributed by atoms with Gasteiger partial charge in [0.2, 0.25) is 0 Å². The van der Waals surface area contributed by atoms with Crippen LogP contribution in [0.4, 0.5) is 0 Å². The molecular weight excluding hydrogens is 362 g/mol. The van der Waals surface area contributed by atoms with Crippen LogP contribution in [-0.2, 0) is 16.4 Å². The monoisotopic (exact) mass is 389 g/mol. The summed E-state index contributed by atoms with van der Waals surface area (Å²) < 4.78 is 28.5. The van der Waals surface area contributed by atoms with Crippen LogP contribution in [-0.4, -0.2) is 40.3 Å². The van der Waals surface area contributed by atoms with E-state index in [-0.39, 0.29) is 4.90 Å². The van der Waals surface area contributed by atoms with Crippen molar-refractivity contribution >= 4 is 15.8 Å². The lowest BCUT2D eigenvalue weighted by molar-refractivity contribution is 0.321. The molecule has 0 aliphatic rings. The van der Waals surface area contributed by atoms with E-state index in [2.05, 4.69) is 40.7 Å². The van der Waals surface area contributed by atoms with Crippen molar-refractivity contribution in [1.29, 1.82) is 0 Å². The third-order valence-electron chi connectivity index (χ3n) is 3.76. The molecule has 2 rings (SSSR count). The normalized spacial score (nSPS) is 11.9. The number of hydrogen-bond acceptors (Lipinski definition) is 4. The molecule has 6 nitrogen and oxygen atoms in total. The Morgan fingerprint density at radius 1 is 1.11 bits per heavy atom. The zero-order valence-corrected chi connectivity index (χ0v) is 16.8. The van der Waals surface area contributed by atoms with Crippen LogP contribution in [0.1, 0.15) is 18.1 Å². The van der Waals surface area contributed by atoms with Crippen molar-refractivity contribution in [2.45, 2.75) is 25.3 Å². The van der Waals surface area contributed by atoms with Gasteiger partial charge < -0.3 is 15.4 Å². The van der Waals surface area contributed by atoms with Gasteiger partial charge in [-0.2, -0.15) is 0 Å². The SMILES string of the molecule is CCNC(=NCc1cccc(C)c1)NCCOc1ccc(S(C)(=O)=O)cc1. The Morgan fingerprint density at radius 2 is 1.85 bits per heavy atom. The molecule has 0 aliphatic carbocycles. The molecule has 0 spiro atoms. The van der Waals surface area contributed by atoms with E-state index < -0.39 is 9.84 Å². The van der Waals surface area contributed by atoms with Crippen molar-refractivity contribution in [3.8, 4) is 5.75 Å². The molecule has 146 valence electrons. The molecule has 7 heteroatoms. The molecule has 0 heterocycles. The molecule has 0 saturated heterocycles. The molecule has 0 aliphatic heterocycles. The van der Waals surface area contributed by atoms with Gasteiger partial charge in [0.1, 0.15) is 12.4 Å². The molecule has 2 aromatic rings. The fourth-order valence-electron chi connectivity index (χ4n) is 2.44. The van der Waals surface area contributed by atoms with Crippen LogP contribution in [0.3, 0.4) is 0 Å². The maximum absolute atomic E-state index is 11.5. The zero-order valence-electron chi connectivity index (χ0n) is 16.0. The lowest BCUT2D eigenvalue weighted by Gasteiger charge is -2.12. The Kier molecular flexibility index (Phi) is 7.67. The summed E-state index contributed by atoms with van der Waals surface area (Å²) in [4.78, 5) is 4.86. The third kappa shape index (κ3) is 7.30. The van der Waals surface area contributed by atoms with Crippen molar-refractivity contribution in [2.24, 2.45) is 4.99 Å². The van der Waals surface area contributed by atoms with E-state index in [4.69, 9.17) is 4.74 Å². The zero-order chi connectivity index (χ0) is 19.7. The summed E-state index contributed by atoms with van der Waals surface area (Å²) in [5.74, 6) is 1.36. The van der Waals surface area contributed by atoms with E-state index >= 15 is 0 Å². The van der Waals surface area contributed by atoms with Gasteiger partial charge in [0.05, 0.1) is 18.0 Å². The molecule has 2 aromatic carbocycles. The number of aryl methyl sites for hydroxylation is 1. The molecule has 0 fully saturated rings. The Balaban J connectivity index is 1.82. The van der Waals surface area contributed by atoms with Crippen LogP contribution in [0.25, 0.3) is 0 Å². The smallest absolute Gasteiger partial charge is 0.191 e. The number of hydrogen-bond donors (Lipinski definition) is 2. The first-order chi connectivity index (χ1) is 12.9. The predicted molar refractivity (Wildman–Crippen MR) is 109 cm³/mol. The number of aliphatic imine (C=N–C) groups is 1. The minimum Gasteiger partial charge on any atom is -0.492 e. The first-order valence-corrected chi connectivity index (χ1v) is 10.8. The lowest BCUT2D eigenvalue weighted by atomic mass is 10.1. The average Bonchev–Trinajstić information content (AvgIpc) is 2.63. The number of rotatable bonds is 8. The molecule has 2 N–H and O–H groups in total. The standard InChI is InChI=1S/C20H27N3O3S/c1-4-21-20(23-15-17-7-5-6-16(2)14-17)22-12-13-26-18-8-10-19(11-9-18)27(3,24)25/h5-11,14H,4,12-13,15H2,1-3H3,(H2,21,22,23). The number of benzene rings is 2. The van der Waals surface area contributed by atoms with Gasteiger partial charge in [-0.05, 0) is 43.7 Å².